The van der Waals surface area contributed by atoms with E-state index in [1.165, 1.54) is 17.3 Å². The fourth-order valence-corrected chi connectivity index (χ4v) is 3.34. The molecule has 0 saturated carbocycles. The number of thioether (sulfide) groups is 1. The highest BCUT2D eigenvalue weighted by atomic mass is 35.5. The van der Waals surface area contributed by atoms with E-state index in [1.807, 2.05) is 24.3 Å². The summed E-state index contributed by atoms with van der Waals surface area (Å²) in [7, 11) is 0. The van der Waals surface area contributed by atoms with Gasteiger partial charge in [-0.1, -0.05) is 67.0 Å². The maximum absolute atomic E-state index is 6.16. The number of hydrogen-bond acceptors (Lipinski definition) is 2. The molecule has 0 unspecified atom stereocenters. The molecule has 5 heteroatoms. The first kappa shape index (κ1) is 18.2. The minimum absolute atomic E-state index is 0.521. The Labute approximate surface area is 152 Å². The summed E-state index contributed by atoms with van der Waals surface area (Å²) in [6, 6.07) is 13.7. The highest BCUT2D eigenvalue weighted by Crippen LogP contribution is 2.26. The van der Waals surface area contributed by atoms with Crippen LogP contribution in [-0.4, -0.2) is 5.17 Å². The Bertz CT molecular complexity index is 684. The van der Waals surface area contributed by atoms with E-state index in [0.717, 1.165) is 17.7 Å². The number of hydrogen-bond donors (Lipinski definition) is 1. The highest BCUT2D eigenvalue weighted by Gasteiger charge is 2.05. The van der Waals surface area contributed by atoms with E-state index >= 15 is 0 Å². The van der Waals surface area contributed by atoms with Gasteiger partial charge in [0.15, 0.2) is 5.17 Å². The molecule has 0 aliphatic rings. The lowest BCUT2D eigenvalue weighted by Gasteiger charge is -2.08. The molecule has 2 nitrogen and oxygen atoms in total. The second-order valence-corrected chi connectivity index (χ2v) is 7.21. The van der Waals surface area contributed by atoms with E-state index in [2.05, 4.69) is 31.0 Å². The van der Waals surface area contributed by atoms with Crippen LogP contribution in [-0.2, 0) is 5.75 Å². The van der Waals surface area contributed by atoms with Crippen LogP contribution in [0, 0.1) is 0 Å². The fourth-order valence-electron chi connectivity index (χ4n) is 2.06. The van der Waals surface area contributed by atoms with Gasteiger partial charge in [-0.25, -0.2) is 4.99 Å². The Balaban J connectivity index is 1.99. The first-order valence-electron chi connectivity index (χ1n) is 7.50. The molecular weight excluding hydrogens is 347 g/mol. The average Bonchev–Trinajstić information content (AvgIpc) is 2.54. The number of aliphatic imine (C=N–C) groups is 1. The molecule has 122 valence electrons. The predicted molar refractivity (Wildman–Crippen MR) is 104 cm³/mol. The molecule has 2 aromatic rings. The van der Waals surface area contributed by atoms with Gasteiger partial charge in [0.25, 0.3) is 0 Å². The standard InChI is InChI=1S/C18H20Cl2N2S/c1-3-12(2)13-5-8-16(9-6-13)22-18(21)23-11-14-4-7-15(19)10-17(14)20/h4-10,12H,3,11H2,1-2H3,(H2,21,22)/t12-/m1/s1. The van der Waals surface area contributed by atoms with Crippen molar-refractivity contribution in [1.29, 1.82) is 0 Å². The Morgan fingerprint density at radius 1 is 1.17 bits per heavy atom. The number of halogens is 2. The average molecular weight is 367 g/mol. The molecule has 1 atom stereocenters. The van der Waals surface area contributed by atoms with Crippen molar-refractivity contribution in [2.45, 2.75) is 31.9 Å². The van der Waals surface area contributed by atoms with Crippen LogP contribution in [0.25, 0.3) is 0 Å². The highest BCUT2D eigenvalue weighted by molar-refractivity contribution is 8.13. The van der Waals surface area contributed by atoms with Gasteiger partial charge in [0.05, 0.1) is 5.69 Å². The van der Waals surface area contributed by atoms with Crippen molar-refractivity contribution in [3.63, 3.8) is 0 Å². The summed E-state index contributed by atoms with van der Waals surface area (Å²) in [4.78, 5) is 4.44. The van der Waals surface area contributed by atoms with Gasteiger partial charge < -0.3 is 5.73 Å². The van der Waals surface area contributed by atoms with Crippen molar-refractivity contribution in [2.75, 3.05) is 0 Å². The van der Waals surface area contributed by atoms with Crippen LogP contribution >= 0.6 is 35.0 Å². The molecule has 0 radical (unpaired) electrons. The molecule has 0 bridgehead atoms. The second kappa shape index (κ2) is 8.62. The number of benzene rings is 2. The molecular formula is C18H20Cl2N2S. The lowest BCUT2D eigenvalue weighted by Crippen LogP contribution is -2.06. The van der Waals surface area contributed by atoms with Gasteiger partial charge in [0, 0.05) is 15.8 Å². The maximum Gasteiger partial charge on any atom is 0.159 e. The summed E-state index contributed by atoms with van der Waals surface area (Å²) in [6.45, 7) is 4.41. The number of nitrogens with zero attached hydrogens (tertiary/aromatic N) is 1. The molecule has 23 heavy (non-hydrogen) atoms. The Morgan fingerprint density at radius 3 is 2.48 bits per heavy atom. The molecule has 2 aromatic carbocycles. The van der Waals surface area contributed by atoms with Gasteiger partial charge in [-0.05, 0) is 47.7 Å². The van der Waals surface area contributed by atoms with Crippen molar-refractivity contribution < 1.29 is 0 Å². The summed E-state index contributed by atoms with van der Waals surface area (Å²) in [5.41, 5.74) is 9.18. The van der Waals surface area contributed by atoms with Crippen LogP contribution in [0.2, 0.25) is 10.0 Å². The van der Waals surface area contributed by atoms with Crippen LogP contribution in [0.5, 0.6) is 0 Å². The smallest absolute Gasteiger partial charge is 0.159 e. The van der Waals surface area contributed by atoms with E-state index in [1.54, 1.807) is 6.07 Å². The zero-order chi connectivity index (χ0) is 16.8. The van der Waals surface area contributed by atoms with Crippen molar-refractivity contribution in [3.8, 4) is 0 Å². The summed E-state index contributed by atoms with van der Waals surface area (Å²) < 4.78 is 0. The Kier molecular flexibility index (Phi) is 6.82. The zero-order valence-electron chi connectivity index (χ0n) is 13.2. The van der Waals surface area contributed by atoms with E-state index in [-0.39, 0.29) is 0 Å². The van der Waals surface area contributed by atoms with Gasteiger partial charge in [-0.15, -0.1) is 0 Å². The van der Waals surface area contributed by atoms with Crippen LogP contribution in [0.15, 0.2) is 47.5 Å². The minimum atomic E-state index is 0.521. The monoisotopic (exact) mass is 366 g/mol. The van der Waals surface area contributed by atoms with Gasteiger partial charge >= 0.3 is 0 Å². The van der Waals surface area contributed by atoms with Crippen LogP contribution in [0.1, 0.15) is 37.3 Å². The molecule has 0 amide bonds. The molecule has 0 aliphatic carbocycles. The summed E-state index contributed by atoms with van der Waals surface area (Å²) in [5.74, 6) is 1.22. The number of amidine groups is 1. The predicted octanol–water partition coefficient (Wildman–Crippen LogP) is 6.39. The van der Waals surface area contributed by atoms with Crippen LogP contribution < -0.4 is 5.73 Å². The molecule has 0 saturated heterocycles. The van der Waals surface area contributed by atoms with E-state index in [4.69, 9.17) is 28.9 Å². The van der Waals surface area contributed by atoms with E-state index < -0.39 is 0 Å². The fraction of sp³-hybridized carbons (Fsp3) is 0.278. The minimum Gasteiger partial charge on any atom is -0.378 e. The Morgan fingerprint density at radius 2 is 1.87 bits per heavy atom. The largest absolute Gasteiger partial charge is 0.378 e. The SMILES string of the molecule is CC[C@@H](C)c1ccc(N=C(N)SCc2ccc(Cl)cc2Cl)cc1. The third-order valence-electron chi connectivity index (χ3n) is 3.70. The van der Waals surface area contributed by atoms with E-state index in [0.29, 0.717) is 26.9 Å². The third kappa shape index (κ3) is 5.45. The van der Waals surface area contributed by atoms with Crippen molar-refractivity contribution in [1.82, 2.24) is 0 Å². The normalized spacial score (nSPS) is 13.1. The lowest BCUT2D eigenvalue weighted by atomic mass is 9.99. The summed E-state index contributed by atoms with van der Waals surface area (Å²) >= 11 is 13.5. The third-order valence-corrected chi connectivity index (χ3v) is 5.13. The zero-order valence-corrected chi connectivity index (χ0v) is 15.6. The summed E-state index contributed by atoms with van der Waals surface area (Å²) in [5, 5.41) is 1.80. The number of nitrogens with two attached hydrogens (primary N) is 1. The summed E-state index contributed by atoms with van der Waals surface area (Å²) in [6.07, 6.45) is 1.13. The first-order chi connectivity index (χ1) is 11.0. The molecule has 0 heterocycles. The molecule has 0 aromatic heterocycles. The quantitative estimate of drug-likeness (QED) is 0.491. The topological polar surface area (TPSA) is 38.4 Å². The van der Waals surface area contributed by atoms with Gasteiger partial charge in [-0.3, -0.25) is 0 Å². The van der Waals surface area contributed by atoms with Crippen molar-refractivity contribution in [2.24, 2.45) is 10.7 Å². The number of rotatable bonds is 5. The van der Waals surface area contributed by atoms with Crippen molar-refractivity contribution in [3.05, 3.63) is 63.6 Å². The van der Waals surface area contributed by atoms with Gasteiger partial charge in [-0.2, -0.15) is 0 Å². The molecule has 0 aliphatic heterocycles. The van der Waals surface area contributed by atoms with Crippen LogP contribution in [0.3, 0.4) is 0 Å². The van der Waals surface area contributed by atoms with Crippen LogP contribution in [0.4, 0.5) is 5.69 Å². The molecule has 2 N–H and O–H groups in total. The van der Waals surface area contributed by atoms with E-state index in [9.17, 15) is 0 Å². The second-order valence-electron chi connectivity index (χ2n) is 5.38. The first-order valence-corrected chi connectivity index (χ1v) is 9.24. The Hall–Kier alpha value is -1.16. The van der Waals surface area contributed by atoms with Gasteiger partial charge in [0.2, 0.25) is 0 Å². The molecule has 0 spiro atoms. The molecule has 0 fully saturated rings. The maximum atomic E-state index is 6.16. The lowest BCUT2D eigenvalue weighted by molar-refractivity contribution is 0.734. The van der Waals surface area contributed by atoms with Gasteiger partial charge in [0.1, 0.15) is 0 Å². The van der Waals surface area contributed by atoms with Crippen molar-refractivity contribution >= 4 is 45.8 Å². The molecule has 2 rings (SSSR count).